The van der Waals surface area contributed by atoms with Crippen LogP contribution >= 0.6 is 124 Å². The molecule has 6 aliphatic carbocycles. The Bertz CT molecular complexity index is 1590. The Morgan fingerprint density at radius 2 is 0.671 bits per heavy atom. The summed E-state index contributed by atoms with van der Waals surface area (Å²) in [5.74, 6) is 3.18. The first-order valence-corrected chi connectivity index (χ1v) is 50.6. The van der Waals surface area contributed by atoms with Crippen LogP contribution in [-0.2, 0) is 39.8 Å². The molecule has 10 unspecified atom stereocenters. The molecule has 464 valence electrons. The van der Waals surface area contributed by atoms with E-state index in [9.17, 15) is 0 Å². The summed E-state index contributed by atoms with van der Waals surface area (Å²) in [6.45, 7) is 39.2. The summed E-state index contributed by atoms with van der Waals surface area (Å²) in [5, 5.41) is 0. The van der Waals surface area contributed by atoms with E-state index in [0.717, 1.165) is 44.9 Å². The molecule has 9 nitrogen and oxygen atoms in total. The lowest BCUT2D eigenvalue weighted by Crippen LogP contribution is -2.68. The largest absolute Gasteiger partial charge is 0.519 e. The molecular weight excluding hydrogens is 1270 g/mol. The molecule has 0 heterocycles. The molecule has 0 radical (unpaired) electrons. The average molecular weight is 1380 g/mol. The fraction of sp³-hybridized carbons (Fsp3) is 1.00. The van der Waals surface area contributed by atoms with Crippen LogP contribution in [-0.4, -0.2) is 102 Å². The highest BCUT2D eigenvalue weighted by Crippen LogP contribution is 2.79. The summed E-state index contributed by atoms with van der Waals surface area (Å²) in [6.07, 6.45) is 22.8. The molecule has 0 aliphatic heterocycles. The average Bonchev–Trinajstić information content (AvgIpc) is 4.46. The van der Waals surface area contributed by atoms with E-state index in [1.165, 1.54) is 77.0 Å². The molecule has 0 amide bonds. The van der Waals surface area contributed by atoms with Crippen molar-refractivity contribution in [2.45, 2.75) is 242 Å². The van der Waals surface area contributed by atoms with Crippen molar-refractivity contribution in [2.24, 2.45) is 45.8 Å². The summed E-state index contributed by atoms with van der Waals surface area (Å²) < 4.78 is 62.2. The summed E-state index contributed by atoms with van der Waals surface area (Å²) >= 11 is 0. The van der Waals surface area contributed by atoms with E-state index in [4.69, 9.17) is 39.8 Å². The number of hydrogen-bond donors (Lipinski definition) is 0. The van der Waals surface area contributed by atoms with Crippen LogP contribution in [0.3, 0.4) is 0 Å². The van der Waals surface area contributed by atoms with Crippen molar-refractivity contribution >= 4 is 150 Å². The SMILES string of the molecule is CCO[Si](OCC)(OCC)C1(SSSSC(SSSSC2([Si](OCC)(OCC)OCC)CC3CCC2(CC)C3)(SSSSC2([Si](OCC)(OCC)OCC)CC3CCC2(CC)C3)C(CC)CCCC(C)C)CC2CCC1(CC)C2. The predicted octanol–water partition coefficient (Wildman–Crippen LogP) is 21.3. The van der Waals surface area contributed by atoms with E-state index >= 15 is 0 Å². The lowest BCUT2D eigenvalue weighted by atomic mass is 9.80. The monoisotopic (exact) mass is 1380 g/mol. The maximum Gasteiger partial charge on any atom is 0.519 e. The van der Waals surface area contributed by atoms with Gasteiger partial charge in [0.05, 0.1) is 0 Å². The van der Waals surface area contributed by atoms with E-state index < -0.39 is 26.4 Å². The van der Waals surface area contributed by atoms with E-state index in [1.54, 1.807) is 0 Å². The first kappa shape index (κ1) is 72.6. The van der Waals surface area contributed by atoms with Crippen molar-refractivity contribution < 1.29 is 39.8 Å². The summed E-state index contributed by atoms with van der Waals surface area (Å²) in [7, 11) is 15.2. The number of fused-ring (bicyclic) bond motifs is 6. The normalized spacial score (nSPS) is 32.6. The van der Waals surface area contributed by atoms with Crippen LogP contribution in [0.4, 0.5) is 0 Å². The van der Waals surface area contributed by atoms with Crippen molar-refractivity contribution in [1.82, 2.24) is 0 Å². The third-order valence-corrected chi connectivity index (χ3v) is 59.7. The molecule has 0 saturated heterocycles. The standard InChI is InChI=1S/C55H106O9S12Si3/c1-16-48(31-29-30-44(14)15)55(68-74-71-65-52(41-45-32-35-49(52,17-2)38-45)77(56-20-5,57-21-6)58-22-7,69-75-72-66-53(42-46-33-36-50(53,18-3)39-46)78(59-23-8,60-24-9)61-25-10)70-76-73-67-54(43-47-34-37-51(54,19-4)40-47)79(62-26-11,63-27-12)64-28-13/h44-48H,16-43H2,1-15H3. The molecule has 6 aliphatic rings. The second-order valence-electron chi connectivity index (χ2n) is 23.3. The fourth-order valence-corrected chi connectivity index (χ4v) is 65.3. The maximum absolute atomic E-state index is 7.00. The Balaban J connectivity index is 1.39. The van der Waals surface area contributed by atoms with E-state index in [2.05, 4.69) is 169 Å². The van der Waals surface area contributed by atoms with Crippen LogP contribution in [0.15, 0.2) is 0 Å². The Kier molecular flexibility index (Phi) is 30.5. The zero-order valence-electron chi connectivity index (χ0n) is 51.3. The molecule has 0 aromatic rings. The lowest BCUT2D eigenvalue weighted by Gasteiger charge is -2.52. The van der Waals surface area contributed by atoms with Crippen LogP contribution in [0.2, 0.25) is 0 Å². The fourth-order valence-electron chi connectivity index (χ4n) is 16.1. The molecule has 6 bridgehead atoms. The first-order chi connectivity index (χ1) is 38.1. The van der Waals surface area contributed by atoms with Gasteiger partial charge >= 0.3 is 26.4 Å². The number of rotatable bonds is 45. The molecule has 24 heteroatoms. The molecule has 79 heavy (non-hydrogen) atoms. The van der Waals surface area contributed by atoms with Crippen LogP contribution in [0.1, 0.15) is 226 Å². The Morgan fingerprint density at radius 1 is 0.392 bits per heavy atom. The molecule has 0 aromatic heterocycles. The molecule has 6 rings (SSSR count). The smallest absolute Gasteiger partial charge is 0.373 e. The lowest BCUT2D eigenvalue weighted by molar-refractivity contribution is 0.0347. The van der Waals surface area contributed by atoms with Gasteiger partial charge in [-0.1, -0.05) is 126 Å². The maximum atomic E-state index is 7.00. The van der Waals surface area contributed by atoms with Crippen molar-refractivity contribution in [3.05, 3.63) is 0 Å². The molecule has 0 aromatic carbocycles. The van der Waals surface area contributed by atoms with Crippen molar-refractivity contribution in [3.63, 3.8) is 0 Å². The molecule has 6 fully saturated rings. The van der Waals surface area contributed by atoms with Gasteiger partial charge in [-0.3, -0.25) is 0 Å². The summed E-state index contributed by atoms with van der Waals surface area (Å²) in [6, 6.07) is 0. The van der Waals surface area contributed by atoms with Gasteiger partial charge in [0, 0.05) is 59.5 Å². The van der Waals surface area contributed by atoms with Gasteiger partial charge in [-0.2, -0.15) is 0 Å². The second kappa shape index (κ2) is 33.2. The third kappa shape index (κ3) is 14.4. The zero-order chi connectivity index (χ0) is 57.5. The Morgan fingerprint density at radius 3 is 0.886 bits per heavy atom. The van der Waals surface area contributed by atoms with E-state index in [1.807, 2.05) is 59.0 Å². The van der Waals surface area contributed by atoms with Crippen molar-refractivity contribution in [1.29, 1.82) is 0 Å². The summed E-state index contributed by atoms with van der Waals surface area (Å²) in [4.78, 5) is 0. The highest BCUT2D eigenvalue weighted by molar-refractivity contribution is 9.32. The van der Waals surface area contributed by atoms with E-state index in [0.29, 0.717) is 89.1 Å². The van der Waals surface area contributed by atoms with Crippen molar-refractivity contribution in [2.75, 3.05) is 59.5 Å². The second-order valence-corrected chi connectivity index (χ2v) is 52.3. The van der Waals surface area contributed by atoms with Gasteiger partial charge in [0.2, 0.25) is 0 Å². The third-order valence-electron chi connectivity index (χ3n) is 19.3. The molecule has 0 spiro atoms. The number of hydrogen-bond acceptors (Lipinski definition) is 21. The molecule has 0 N–H and O–H groups in total. The van der Waals surface area contributed by atoms with Crippen LogP contribution in [0.5, 0.6) is 0 Å². The minimum atomic E-state index is -3.17. The van der Waals surface area contributed by atoms with Gasteiger partial charge in [-0.15, -0.1) is 0 Å². The predicted molar refractivity (Wildman–Crippen MR) is 370 cm³/mol. The van der Waals surface area contributed by atoms with Crippen LogP contribution < -0.4 is 0 Å². The molecule has 6 saturated carbocycles. The van der Waals surface area contributed by atoms with Crippen molar-refractivity contribution in [3.8, 4) is 0 Å². The minimum Gasteiger partial charge on any atom is -0.373 e. The van der Waals surface area contributed by atoms with Crippen LogP contribution in [0, 0.1) is 45.8 Å². The summed E-state index contributed by atoms with van der Waals surface area (Å²) in [5.41, 5.74) is 0.393. The van der Waals surface area contributed by atoms with Gasteiger partial charge in [0.15, 0.2) is 0 Å². The first-order valence-electron chi connectivity index (χ1n) is 30.9. The van der Waals surface area contributed by atoms with E-state index in [-0.39, 0.29) is 32.8 Å². The van der Waals surface area contributed by atoms with Crippen LogP contribution in [0.25, 0.3) is 0 Å². The quantitative estimate of drug-likeness (QED) is 0.0251. The topological polar surface area (TPSA) is 83.1 Å². The van der Waals surface area contributed by atoms with Gasteiger partial charge in [-0.05, 0) is 270 Å². The zero-order valence-corrected chi connectivity index (χ0v) is 64.1. The molecule has 10 atom stereocenters. The minimum absolute atomic E-state index is 0.131. The van der Waals surface area contributed by atoms with Gasteiger partial charge in [-0.25, -0.2) is 0 Å². The molecular formula is C55H106O9S12Si3. The highest BCUT2D eigenvalue weighted by Gasteiger charge is 2.78. The Hall–Kier alpha value is 4.49. The van der Waals surface area contributed by atoms with Gasteiger partial charge in [0.1, 0.15) is 16.5 Å². The Labute approximate surface area is 532 Å². The van der Waals surface area contributed by atoms with Gasteiger partial charge < -0.3 is 39.8 Å². The van der Waals surface area contributed by atoms with Gasteiger partial charge in [0.25, 0.3) is 0 Å². The highest BCUT2D eigenvalue weighted by atomic mass is 33.7.